The highest BCUT2D eigenvalue weighted by Crippen LogP contribution is 2.24. The highest BCUT2D eigenvalue weighted by Gasteiger charge is 2.23. The van der Waals surface area contributed by atoms with E-state index in [1.807, 2.05) is 30.0 Å². The summed E-state index contributed by atoms with van der Waals surface area (Å²) >= 11 is 2.60. The van der Waals surface area contributed by atoms with E-state index < -0.39 is 5.97 Å². The first kappa shape index (κ1) is 25.3. The highest BCUT2D eigenvalue weighted by atomic mass is 32.2. The summed E-state index contributed by atoms with van der Waals surface area (Å²) in [6.45, 7) is 7.31. The quantitative estimate of drug-likeness (QED) is 0.498. The van der Waals surface area contributed by atoms with Gasteiger partial charge in [-0.05, 0) is 58.2 Å². The number of carbonyl (C=O) groups is 3. The Balaban J connectivity index is 1.74. The maximum absolute atomic E-state index is 12.6. The number of esters is 1. The third-order valence-corrected chi connectivity index (χ3v) is 7.30. The average Bonchev–Trinajstić information content (AvgIpc) is 3.10. The molecule has 8 nitrogen and oxygen atoms in total. The lowest BCUT2D eigenvalue weighted by atomic mass is 10.0. The number of hydrogen-bond acceptors (Lipinski definition) is 7. The van der Waals surface area contributed by atoms with Gasteiger partial charge in [0.2, 0.25) is 5.91 Å². The number of thiazole rings is 1. The van der Waals surface area contributed by atoms with Crippen LogP contribution in [-0.4, -0.2) is 64.6 Å². The van der Waals surface area contributed by atoms with Crippen molar-refractivity contribution >= 4 is 51.1 Å². The SMILES string of the molecule is CCOC(=O)Cn1c(=NC(=O)CSCC(=O)N2CCCCC2C)sc2cc(OCC)ccc21. The standard InChI is InChI=1S/C23H31N3O5S2/c1-4-30-17-9-10-18-19(12-17)33-23(26(18)13-22(29)31-5-2)24-20(27)14-32-15-21(28)25-11-7-6-8-16(25)3/h9-10,12,16H,4-8,11,13-15H2,1-3H3. The Kier molecular flexibility index (Phi) is 9.37. The van der Waals surface area contributed by atoms with Gasteiger partial charge in [0, 0.05) is 12.6 Å². The maximum atomic E-state index is 12.6. The molecule has 0 bridgehead atoms. The molecule has 0 saturated carbocycles. The number of amides is 2. The Labute approximate surface area is 202 Å². The van der Waals surface area contributed by atoms with Crippen molar-refractivity contribution < 1.29 is 23.9 Å². The Bertz CT molecular complexity index is 1060. The van der Waals surface area contributed by atoms with Gasteiger partial charge in [-0.2, -0.15) is 4.99 Å². The van der Waals surface area contributed by atoms with Crippen LogP contribution in [0.4, 0.5) is 0 Å². The van der Waals surface area contributed by atoms with Crippen molar-refractivity contribution in [3.63, 3.8) is 0 Å². The number of aromatic nitrogens is 1. The number of piperidine rings is 1. The predicted molar refractivity (Wildman–Crippen MR) is 131 cm³/mol. The summed E-state index contributed by atoms with van der Waals surface area (Å²) in [7, 11) is 0. The van der Waals surface area contributed by atoms with Crippen LogP contribution in [0.2, 0.25) is 0 Å². The fourth-order valence-corrected chi connectivity index (χ4v) is 5.56. The topological polar surface area (TPSA) is 90.2 Å². The van der Waals surface area contributed by atoms with E-state index in [0.717, 1.165) is 36.0 Å². The summed E-state index contributed by atoms with van der Waals surface area (Å²) in [5, 5.41) is 0. The Morgan fingerprint density at radius 1 is 1.18 bits per heavy atom. The van der Waals surface area contributed by atoms with Gasteiger partial charge in [-0.15, -0.1) is 11.8 Å². The van der Waals surface area contributed by atoms with E-state index in [2.05, 4.69) is 11.9 Å². The van der Waals surface area contributed by atoms with Crippen molar-refractivity contribution in [3.8, 4) is 5.75 Å². The third-order valence-electron chi connectivity index (χ3n) is 5.35. The summed E-state index contributed by atoms with van der Waals surface area (Å²) in [4.78, 5) is 43.8. The molecule has 2 amide bonds. The number of carbonyl (C=O) groups excluding carboxylic acids is 3. The third kappa shape index (κ3) is 6.83. The molecule has 0 N–H and O–H groups in total. The maximum Gasteiger partial charge on any atom is 0.326 e. The molecule has 1 aromatic carbocycles. The van der Waals surface area contributed by atoms with Gasteiger partial charge in [0.1, 0.15) is 12.3 Å². The van der Waals surface area contributed by atoms with E-state index in [1.165, 1.54) is 23.1 Å². The van der Waals surface area contributed by atoms with Crippen LogP contribution in [0, 0.1) is 0 Å². The van der Waals surface area contributed by atoms with E-state index in [1.54, 1.807) is 11.5 Å². The van der Waals surface area contributed by atoms with Crippen molar-refractivity contribution in [2.24, 2.45) is 4.99 Å². The second-order valence-corrected chi connectivity index (χ2v) is 9.76. The van der Waals surface area contributed by atoms with Gasteiger partial charge in [0.25, 0.3) is 5.91 Å². The molecule has 1 unspecified atom stereocenters. The zero-order chi connectivity index (χ0) is 23.8. The largest absolute Gasteiger partial charge is 0.494 e. The lowest BCUT2D eigenvalue weighted by molar-refractivity contribution is -0.143. The van der Waals surface area contributed by atoms with Crippen LogP contribution in [0.3, 0.4) is 0 Å². The molecular formula is C23H31N3O5S2. The zero-order valence-electron chi connectivity index (χ0n) is 19.4. The summed E-state index contributed by atoms with van der Waals surface area (Å²) < 4.78 is 13.2. The van der Waals surface area contributed by atoms with Gasteiger partial charge in [-0.1, -0.05) is 11.3 Å². The van der Waals surface area contributed by atoms with Crippen molar-refractivity contribution in [1.29, 1.82) is 0 Å². The van der Waals surface area contributed by atoms with Crippen LogP contribution < -0.4 is 9.54 Å². The minimum atomic E-state index is -0.393. The van der Waals surface area contributed by atoms with Gasteiger partial charge in [0.15, 0.2) is 4.80 Å². The lowest BCUT2D eigenvalue weighted by Crippen LogP contribution is -2.43. The summed E-state index contributed by atoms with van der Waals surface area (Å²) in [5.41, 5.74) is 0.782. The normalized spacial score (nSPS) is 16.8. The van der Waals surface area contributed by atoms with Crippen molar-refractivity contribution in [1.82, 2.24) is 9.47 Å². The molecule has 10 heteroatoms. The molecule has 1 aliphatic rings. The molecule has 1 atom stereocenters. The molecule has 0 radical (unpaired) electrons. The number of thioether (sulfide) groups is 1. The lowest BCUT2D eigenvalue weighted by Gasteiger charge is -2.33. The number of rotatable bonds is 9. The van der Waals surface area contributed by atoms with E-state index in [9.17, 15) is 14.4 Å². The Morgan fingerprint density at radius 3 is 2.73 bits per heavy atom. The van der Waals surface area contributed by atoms with E-state index in [0.29, 0.717) is 17.2 Å². The minimum absolute atomic E-state index is 0.0353. The first-order chi connectivity index (χ1) is 15.9. The van der Waals surface area contributed by atoms with E-state index >= 15 is 0 Å². The van der Waals surface area contributed by atoms with Crippen LogP contribution in [0.25, 0.3) is 10.2 Å². The van der Waals surface area contributed by atoms with Gasteiger partial charge in [0.05, 0.1) is 34.9 Å². The molecule has 180 valence electrons. The molecule has 3 rings (SSSR count). The highest BCUT2D eigenvalue weighted by molar-refractivity contribution is 8.00. The first-order valence-corrected chi connectivity index (χ1v) is 13.3. The van der Waals surface area contributed by atoms with E-state index in [-0.39, 0.29) is 42.5 Å². The molecule has 1 fully saturated rings. The van der Waals surface area contributed by atoms with Crippen LogP contribution in [-0.2, 0) is 25.7 Å². The molecule has 2 heterocycles. The smallest absolute Gasteiger partial charge is 0.326 e. The molecule has 1 aliphatic heterocycles. The zero-order valence-corrected chi connectivity index (χ0v) is 21.0. The predicted octanol–water partition coefficient (Wildman–Crippen LogP) is 3.23. The number of hydrogen-bond donors (Lipinski definition) is 0. The van der Waals surface area contributed by atoms with Crippen LogP contribution >= 0.6 is 23.1 Å². The van der Waals surface area contributed by atoms with Crippen molar-refractivity contribution in [2.45, 2.75) is 52.6 Å². The number of benzene rings is 1. The molecule has 1 aromatic heterocycles. The number of fused-ring (bicyclic) bond motifs is 1. The average molecular weight is 494 g/mol. The van der Waals surface area contributed by atoms with Gasteiger partial charge < -0.3 is 18.9 Å². The molecule has 1 saturated heterocycles. The number of nitrogens with zero attached hydrogens (tertiary/aromatic N) is 3. The van der Waals surface area contributed by atoms with Crippen LogP contribution in [0.15, 0.2) is 23.2 Å². The van der Waals surface area contributed by atoms with Gasteiger partial charge >= 0.3 is 5.97 Å². The van der Waals surface area contributed by atoms with E-state index in [4.69, 9.17) is 9.47 Å². The monoisotopic (exact) mass is 493 g/mol. The van der Waals surface area contributed by atoms with Crippen LogP contribution in [0.5, 0.6) is 5.75 Å². The summed E-state index contributed by atoms with van der Waals surface area (Å²) in [6, 6.07) is 5.82. The molecule has 2 aromatic rings. The minimum Gasteiger partial charge on any atom is -0.494 e. The molecule has 0 aliphatic carbocycles. The fraction of sp³-hybridized carbons (Fsp3) is 0.565. The number of ether oxygens (including phenoxy) is 2. The Morgan fingerprint density at radius 2 is 2.00 bits per heavy atom. The van der Waals surface area contributed by atoms with Crippen molar-refractivity contribution in [3.05, 3.63) is 23.0 Å². The Hall–Kier alpha value is -2.33. The first-order valence-electron chi connectivity index (χ1n) is 11.3. The van der Waals surface area contributed by atoms with Crippen molar-refractivity contribution in [2.75, 3.05) is 31.3 Å². The van der Waals surface area contributed by atoms with Gasteiger partial charge in [-0.3, -0.25) is 14.4 Å². The number of likely N-dealkylation sites (tertiary alicyclic amines) is 1. The molecule has 33 heavy (non-hydrogen) atoms. The van der Waals surface area contributed by atoms with Gasteiger partial charge in [-0.25, -0.2) is 0 Å². The summed E-state index contributed by atoms with van der Waals surface area (Å²) in [5.74, 6) is 0.421. The van der Waals surface area contributed by atoms with Crippen LogP contribution in [0.1, 0.15) is 40.0 Å². The summed E-state index contributed by atoms with van der Waals surface area (Å²) in [6.07, 6.45) is 3.22. The fourth-order valence-electron chi connectivity index (χ4n) is 3.80. The second kappa shape index (κ2) is 12.2. The second-order valence-electron chi connectivity index (χ2n) is 7.77. The molecular weight excluding hydrogens is 462 g/mol. The molecule has 0 spiro atoms.